The largest absolute Gasteiger partial charge is 0.370 e. The number of nitrogens with zero attached hydrogens (tertiary/aromatic N) is 3. The molecule has 0 radical (unpaired) electrons. The van der Waals surface area contributed by atoms with Crippen molar-refractivity contribution in [3.63, 3.8) is 0 Å². The summed E-state index contributed by atoms with van der Waals surface area (Å²) in [4.78, 5) is 23.0. The van der Waals surface area contributed by atoms with Crippen LogP contribution in [0.2, 0.25) is 0 Å². The third-order valence-electron chi connectivity index (χ3n) is 3.84. The van der Waals surface area contributed by atoms with E-state index in [0.29, 0.717) is 5.69 Å². The SMILES string of the molecule is CC.Cc1cncc(C(=O)Nc2ccccc2N2CCCCC2)n1. The smallest absolute Gasteiger partial charge is 0.275 e. The lowest BCUT2D eigenvalue weighted by Crippen LogP contribution is -2.30. The van der Waals surface area contributed by atoms with E-state index >= 15 is 0 Å². The first-order valence-electron chi connectivity index (χ1n) is 8.68. The van der Waals surface area contributed by atoms with Gasteiger partial charge in [-0.1, -0.05) is 26.0 Å². The monoisotopic (exact) mass is 326 g/mol. The van der Waals surface area contributed by atoms with Crippen LogP contribution >= 0.6 is 0 Å². The number of piperidine rings is 1. The van der Waals surface area contributed by atoms with Crippen LogP contribution in [0.5, 0.6) is 0 Å². The summed E-state index contributed by atoms with van der Waals surface area (Å²) in [5.41, 5.74) is 2.99. The van der Waals surface area contributed by atoms with E-state index in [9.17, 15) is 4.79 Å². The van der Waals surface area contributed by atoms with Crippen molar-refractivity contribution < 1.29 is 4.79 Å². The van der Waals surface area contributed by atoms with Gasteiger partial charge in [-0.05, 0) is 38.3 Å². The lowest BCUT2D eigenvalue weighted by atomic mass is 10.1. The number of amides is 1. The molecule has 1 aliphatic rings. The molecule has 5 nitrogen and oxygen atoms in total. The summed E-state index contributed by atoms with van der Waals surface area (Å²) < 4.78 is 0. The van der Waals surface area contributed by atoms with Crippen molar-refractivity contribution >= 4 is 17.3 Å². The summed E-state index contributed by atoms with van der Waals surface area (Å²) in [5.74, 6) is -0.222. The van der Waals surface area contributed by atoms with Gasteiger partial charge in [0, 0.05) is 19.3 Å². The summed E-state index contributed by atoms with van der Waals surface area (Å²) in [6.45, 7) is 7.90. The number of aryl methyl sites for hydroxylation is 1. The molecule has 1 aromatic heterocycles. The Kier molecular flexibility index (Phi) is 6.73. The van der Waals surface area contributed by atoms with Gasteiger partial charge in [0.2, 0.25) is 0 Å². The van der Waals surface area contributed by atoms with Gasteiger partial charge in [-0.15, -0.1) is 0 Å². The van der Waals surface area contributed by atoms with Crippen molar-refractivity contribution in [2.75, 3.05) is 23.3 Å². The molecule has 1 aliphatic heterocycles. The van der Waals surface area contributed by atoms with E-state index in [2.05, 4.69) is 26.3 Å². The number of carbonyl (C=O) groups is 1. The molecule has 2 heterocycles. The second kappa shape index (κ2) is 9.01. The lowest BCUT2D eigenvalue weighted by Gasteiger charge is -2.30. The second-order valence-electron chi connectivity index (χ2n) is 5.56. The molecular formula is C19H26N4O. The Morgan fingerprint density at radius 3 is 2.50 bits per heavy atom. The van der Waals surface area contributed by atoms with E-state index in [1.54, 1.807) is 6.20 Å². The molecule has 1 aromatic carbocycles. The average Bonchev–Trinajstić information content (AvgIpc) is 2.64. The van der Waals surface area contributed by atoms with E-state index < -0.39 is 0 Å². The molecule has 3 rings (SSSR count). The molecular weight excluding hydrogens is 300 g/mol. The Morgan fingerprint density at radius 1 is 1.08 bits per heavy atom. The van der Waals surface area contributed by atoms with E-state index in [1.165, 1.54) is 25.5 Å². The van der Waals surface area contributed by atoms with Crippen molar-refractivity contribution in [1.82, 2.24) is 9.97 Å². The number of nitrogens with one attached hydrogen (secondary N) is 1. The molecule has 0 unspecified atom stereocenters. The topological polar surface area (TPSA) is 58.1 Å². The first kappa shape index (κ1) is 17.9. The van der Waals surface area contributed by atoms with Crippen LogP contribution in [0.25, 0.3) is 0 Å². The molecule has 1 N–H and O–H groups in total. The van der Waals surface area contributed by atoms with E-state index in [-0.39, 0.29) is 5.91 Å². The van der Waals surface area contributed by atoms with Gasteiger partial charge >= 0.3 is 0 Å². The first-order chi connectivity index (χ1) is 11.7. The number of para-hydroxylation sites is 2. The number of hydrogen-bond acceptors (Lipinski definition) is 4. The number of rotatable bonds is 3. The van der Waals surface area contributed by atoms with Crippen LogP contribution in [0.15, 0.2) is 36.7 Å². The maximum Gasteiger partial charge on any atom is 0.275 e. The van der Waals surface area contributed by atoms with E-state index in [1.807, 2.05) is 39.0 Å². The van der Waals surface area contributed by atoms with E-state index in [0.717, 1.165) is 30.2 Å². The Bertz CT molecular complexity index is 666. The van der Waals surface area contributed by atoms with Crippen molar-refractivity contribution in [2.24, 2.45) is 0 Å². The van der Waals surface area contributed by atoms with Gasteiger partial charge in [0.05, 0.1) is 23.3 Å². The fraction of sp³-hybridized carbons (Fsp3) is 0.421. The third kappa shape index (κ3) is 4.54. The lowest BCUT2D eigenvalue weighted by molar-refractivity contribution is 0.102. The minimum absolute atomic E-state index is 0.222. The van der Waals surface area contributed by atoms with Gasteiger partial charge in [-0.25, -0.2) is 4.98 Å². The summed E-state index contributed by atoms with van der Waals surface area (Å²) in [5, 5.41) is 2.97. The minimum Gasteiger partial charge on any atom is -0.370 e. The molecule has 0 spiro atoms. The van der Waals surface area contributed by atoms with Crippen LogP contribution < -0.4 is 10.2 Å². The second-order valence-corrected chi connectivity index (χ2v) is 5.56. The molecule has 0 atom stereocenters. The Morgan fingerprint density at radius 2 is 1.79 bits per heavy atom. The molecule has 1 saturated heterocycles. The van der Waals surface area contributed by atoms with Gasteiger partial charge in [0.15, 0.2) is 0 Å². The highest BCUT2D eigenvalue weighted by molar-refractivity contribution is 6.04. The van der Waals surface area contributed by atoms with Crippen molar-refractivity contribution in [3.8, 4) is 0 Å². The van der Waals surface area contributed by atoms with Gasteiger partial charge in [0.1, 0.15) is 5.69 Å². The molecule has 0 aliphatic carbocycles. The van der Waals surface area contributed by atoms with Gasteiger partial charge in [0.25, 0.3) is 5.91 Å². The summed E-state index contributed by atoms with van der Waals surface area (Å²) in [7, 11) is 0. The Hall–Kier alpha value is -2.43. The summed E-state index contributed by atoms with van der Waals surface area (Å²) in [6.07, 6.45) is 6.81. The molecule has 5 heteroatoms. The zero-order chi connectivity index (χ0) is 17.4. The fourth-order valence-corrected chi connectivity index (χ4v) is 2.75. The number of aromatic nitrogens is 2. The zero-order valence-electron chi connectivity index (χ0n) is 14.7. The molecule has 24 heavy (non-hydrogen) atoms. The van der Waals surface area contributed by atoms with Crippen molar-refractivity contribution in [3.05, 3.63) is 48.0 Å². The van der Waals surface area contributed by atoms with Crippen LogP contribution in [0.1, 0.15) is 49.3 Å². The molecule has 1 amide bonds. The van der Waals surface area contributed by atoms with Crippen LogP contribution in [0, 0.1) is 6.92 Å². The number of anilines is 2. The number of carbonyl (C=O) groups excluding carboxylic acids is 1. The third-order valence-corrected chi connectivity index (χ3v) is 3.84. The van der Waals surface area contributed by atoms with Gasteiger partial charge in [-0.3, -0.25) is 9.78 Å². The fourth-order valence-electron chi connectivity index (χ4n) is 2.75. The van der Waals surface area contributed by atoms with Gasteiger partial charge < -0.3 is 10.2 Å². The van der Waals surface area contributed by atoms with Crippen LogP contribution in [-0.4, -0.2) is 29.0 Å². The van der Waals surface area contributed by atoms with Crippen LogP contribution in [-0.2, 0) is 0 Å². The zero-order valence-corrected chi connectivity index (χ0v) is 14.7. The van der Waals surface area contributed by atoms with Gasteiger partial charge in [-0.2, -0.15) is 0 Å². The molecule has 2 aromatic rings. The maximum absolute atomic E-state index is 12.4. The normalized spacial score (nSPS) is 13.7. The minimum atomic E-state index is -0.222. The van der Waals surface area contributed by atoms with Crippen LogP contribution in [0.3, 0.4) is 0 Å². The Labute approximate surface area is 144 Å². The predicted octanol–water partition coefficient (Wildman–Crippen LogP) is 4.05. The quantitative estimate of drug-likeness (QED) is 0.924. The van der Waals surface area contributed by atoms with Crippen LogP contribution in [0.4, 0.5) is 11.4 Å². The first-order valence-corrected chi connectivity index (χ1v) is 8.68. The molecule has 1 fully saturated rings. The summed E-state index contributed by atoms with van der Waals surface area (Å²) in [6, 6.07) is 7.94. The standard InChI is InChI=1S/C17H20N4O.C2H6/c1-13-11-18-12-15(19-13)17(22)20-14-7-3-4-8-16(14)21-9-5-2-6-10-21;1-2/h3-4,7-8,11-12H,2,5-6,9-10H2,1H3,(H,20,22);1-2H3. The average molecular weight is 326 g/mol. The number of benzene rings is 1. The van der Waals surface area contributed by atoms with Crippen molar-refractivity contribution in [2.45, 2.75) is 40.0 Å². The van der Waals surface area contributed by atoms with E-state index in [4.69, 9.17) is 0 Å². The highest BCUT2D eigenvalue weighted by atomic mass is 16.1. The Balaban J connectivity index is 0.00000100. The predicted molar refractivity (Wildman–Crippen MR) is 98.6 cm³/mol. The molecule has 128 valence electrons. The number of hydrogen-bond donors (Lipinski definition) is 1. The summed E-state index contributed by atoms with van der Waals surface area (Å²) >= 11 is 0. The molecule has 0 saturated carbocycles. The highest BCUT2D eigenvalue weighted by Gasteiger charge is 2.16. The maximum atomic E-state index is 12.4. The molecule has 0 bridgehead atoms. The highest BCUT2D eigenvalue weighted by Crippen LogP contribution is 2.28. The van der Waals surface area contributed by atoms with Crippen molar-refractivity contribution in [1.29, 1.82) is 0 Å².